The summed E-state index contributed by atoms with van der Waals surface area (Å²) < 4.78 is 5.44. The summed E-state index contributed by atoms with van der Waals surface area (Å²) in [4.78, 5) is 24.5. The van der Waals surface area contributed by atoms with Crippen molar-refractivity contribution in [3.63, 3.8) is 0 Å². The number of hydrogen-bond donors (Lipinski definition) is 3. The van der Waals surface area contributed by atoms with Crippen LogP contribution in [0.15, 0.2) is 36.5 Å². The molecule has 2 unspecified atom stereocenters. The monoisotopic (exact) mass is 830 g/mol. The van der Waals surface area contributed by atoms with Gasteiger partial charge in [0.2, 0.25) is 5.91 Å². The molecule has 0 aromatic heterocycles. The fourth-order valence-electron chi connectivity index (χ4n) is 7.66. The Morgan fingerprint density at radius 3 is 1.32 bits per heavy atom. The molecule has 3 N–H and O–H groups in total. The molecule has 0 heterocycles. The molecule has 0 fully saturated rings. The van der Waals surface area contributed by atoms with Crippen molar-refractivity contribution in [2.24, 2.45) is 0 Å². The first kappa shape index (κ1) is 57.1. The lowest BCUT2D eigenvalue weighted by Crippen LogP contribution is -2.45. The minimum Gasteiger partial charge on any atom is -0.466 e. The van der Waals surface area contributed by atoms with Gasteiger partial charge >= 0.3 is 5.97 Å². The Bertz CT molecular complexity index is 962. The zero-order valence-corrected chi connectivity index (χ0v) is 39.2. The number of aliphatic hydroxyl groups excluding tert-OH is 2. The van der Waals surface area contributed by atoms with Gasteiger partial charge in [0.15, 0.2) is 0 Å². The van der Waals surface area contributed by atoms with E-state index in [4.69, 9.17) is 4.74 Å². The third kappa shape index (κ3) is 45.4. The summed E-state index contributed by atoms with van der Waals surface area (Å²) in [6.45, 7) is 4.85. The SMILES string of the molecule is CCCCCC/C=C\C/C=C\CCCCCCCCCC(=O)OCCCC/C=C\CCCCCCCC(=O)NC(CO)C(O)CCCCCCCCCCCCCCC. The molecule has 0 spiro atoms. The van der Waals surface area contributed by atoms with Crippen molar-refractivity contribution < 1.29 is 24.5 Å². The summed E-state index contributed by atoms with van der Waals surface area (Å²) in [6.07, 6.45) is 58.3. The number of aliphatic hydroxyl groups is 2. The van der Waals surface area contributed by atoms with Crippen LogP contribution in [0.3, 0.4) is 0 Å². The normalized spacial score (nSPS) is 12.9. The molecular weight excluding hydrogens is 731 g/mol. The Labute approximate surface area is 366 Å². The van der Waals surface area contributed by atoms with Gasteiger partial charge in [-0.15, -0.1) is 0 Å². The highest BCUT2D eigenvalue weighted by molar-refractivity contribution is 5.76. The van der Waals surface area contributed by atoms with Crippen molar-refractivity contribution in [3.05, 3.63) is 36.5 Å². The second-order valence-electron chi connectivity index (χ2n) is 17.5. The molecule has 0 aromatic rings. The van der Waals surface area contributed by atoms with E-state index in [1.165, 1.54) is 141 Å². The van der Waals surface area contributed by atoms with Gasteiger partial charge in [-0.3, -0.25) is 9.59 Å². The molecule has 0 aliphatic rings. The van der Waals surface area contributed by atoms with Crippen LogP contribution in [0.4, 0.5) is 0 Å². The number of nitrogens with one attached hydrogen (secondary N) is 1. The van der Waals surface area contributed by atoms with Crippen molar-refractivity contribution in [1.82, 2.24) is 5.32 Å². The predicted molar refractivity (Wildman–Crippen MR) is 255 cm³/mol. The lowest BCUT2D eigenvalue weighted by molar-refractivity contribution is -0.143. The minimum atomic E-state index is -0.682. The topological polar surface area (TPSA) is 95.9 Å². The van der Waals surface area contributed by atoms with Crippen molar-refractivity contribution in [2.75, 3.05) is 13.2 Å². The molecule has 0 bridgehead atoms. The minimum absolute atomic E-state index is 0.0390. The van der Waals surface area contributed by atoms with E-state index in [1.807, 2.05) is 0 Å². The van der Waals surface area contributed by atoms with Crippen molar-refractivity contribution in [2.45, 2.75) is 276 Å². The van der Waals surface area contributed by atoms with E-state index in [-0.39, 0.29) is 18.5 Å². The molecule has 0 rings (SSSR count). The highest BCUT2D eigenvalue weighted by Crippen LogP contribution is 2.15. The van der Waals surface area contributed by atoms with Gasteiger partial charge in [-0.25, -0.2) is 0 Å². The molecule has 6 heteroatoms. The van der Waals surface area contributed by atoms with E-state index in [9.17, 15) is 19.8 Å². The zero-order chi connectivity index (χ0) is 43.0. The van der Waals surface area contributed by atoms with Crippen LogP contribution in [0.25, 0.3) is 0 Å². The van der Waals surface area contributed by atoms with Gasteiger partial charge in [-0.1, -0.05) is 204 Å². The summed E-state index contributed by atoms with van der Waals surface area (Å²) >= 11 is 0. The number of carbonyl (C=O) groups excluding carboxylic acids is 2. The third-order valence-corrected chi connectivity index (χ3v) is 11.7. The fourth-order valence-corrected chi connectivity index (χ4v) is 7.66. The van der Waals surface area contributed by atoms with Crippen LogP contribution in [0, 0.1) is 0 Å². The number of amides is 1. The molecule has 0 aliphatic heterocycles. The lowest BCUT2D eigenvalue weighted by Gasteiger charge is -2.22. The largest absolute Gasteiger partial charge is 0.466 e. The molecule has 1 amide bonds. The van der Waals surface area contributed by atoms with Gasteiger partial charge < -0.3 is 20.3 Å². The smallest absolute Gasteiger partial charge is 0.305 e. The van der Waals surface area contributed by atoms with Crippen LogP contribution in [-0.4, -0.2) is 47.4 Å². The molecule has 6 nitrogen and oxygen atoms in total. The first-order valence-electron chi connectivity index (χ1n) is 25.7. The molecule has 0 aliphatic carbocycles. The number of esters is 1. The highest BCUT2D eigenvalue weighted by atomic mass is 16.5. The maximum absolute atomic E-state index is 12.4. The van der Waals surface area contributed by atoms with Crippen LogP contribution in [0.5, 0.6) is 0 Å². The molecule has 0 aromatic carbocycles. The summed E-state index contributed by atoms with van der Waals surface area (Å²) in [5, 5.41) is 23.2. The summed E-state index contributed by atoms with van der Waals surface area (Å²) in [5.74, 6) is -0.105. The number of allylic oxidation sites excluding steroid dienone is 6. The van der Waals surface area contributed by atoms with Crippen LogP contribution in [-0.2, 0) is 14.3 Å². The van der Waals surface area contributed by atoms with Crippen LogP contribution in [0.2, 0.25) is 0 Å². The average Bonchev–Trinajstić information content (AvgIpc) is 3.24. The molecule has 346 valence electrons. The van der Waals surface area contributed by atoms with Crippen molar-refractivity contribution in [1.29, 1.82) is 0 Å². The average molecular weight is 830 g/mol. The number of rotatable bonds is 47. The van der Waals surface area contributed by atoms with Gasteiger partial charge in [0, 0.05) is 12.8 Å². The van der Waals surface area contributed by atoms with Crippen LogP contribution >= 0.6 is 0 Å². The summed E-state index contributed by atoms with van der Waals surface area (Å²) in [6, 6.07) is -0.563. The molecule has 2 atom stereocenters. The van der Waals surface area contributed by atoms with Gasteiger partial charge in [0.1, 0.15) is 0 Å². The first-order chi connectivity index (χ1) is 29.0. The predicted octanol–water partition coefficient (Wildman–Crippen LogP) is 15.3. The van der Waals surface area contributed by atoms with E-state index in [0.717, 1.165) is 89.9 Å². The molecular formula is C53H99NO5. The Kier molecular flexibility index (Phi) is 47.2. The van der Waals surface area contributed by atoms with Crippen molar-refractivity contribution in [3.8, 4) is 0 Å². The third-order valence-electron chi connectivity index (χ3n) is 11.7. The number of carbonyl (C=O) groups is 2. The summed E-state index contributed by atoms with van der Waals surface area (Å²) in [7, 11) is 0. The van der Waals surface area contributed by atoms with E-state index in [1.54, 1.807) is 0 Å². The number of ether oxygens (including phenoxy) is 1. The van der Waals surface area contributed by atoms with Crippen LogP contribution < -0.4 is 5.32 Å². The Morgan fingerprint density at radius 2 is 0.847 bits per heavy atom. The lowest BCUT2D eigenvalue weighted by atomic mass is 10.0. The maximum atomic E-state index is 12.4. The number of unbranched alkanes of at least 4 members (excludes halogenated alkanes) is 30. The summed E-state index contributed by atoms with van der Waals surface area (Å²) in [5.41, 5.74) is 0. The van der Waals surface area contributed by atoms with Gasteiger partial charge in [0.25, 0.3) is 0 Å². The zero-order valence-electron chi connectivity index (χ0n) is 39.2. The maximum Gasteiger partial charge on any atom is 0.305 e. The van der Waals surface area contributed by atoms with Gasteiger partial charge in [0.05, 0.1) is 25.4 Å². The van der Waals surface area contributed by atoms with E-state index >= 15 is 0 Å². The fraction of sp³-hybridized carbons (Fsp3) is 0.849. The molecule has 59 heavy (non-hydrogen) atoms. The first-order valence-corrected chi connectivity index (χ1v) is 25.7. The highest BCUT2D eigenvalue weighted by Gasteiger charge is 2.20. The quantitative estimate of drug-likeness (QED) is 0.0323. The van der Waals surface area contributed by atoms with Crippen molar-refractivity contribution >= 4 is 11.9 Å². The molecule has 0 saturated carbocycles. The van der Waals surface area contributed by atoms with Gasteiger partial charge in [-0.2, -0.15) is 0 Å². The Balaban J connectivity index is 3.52. The second-order valence-corrected chi connectivity index (χ2v) is 17.5. The van der Waals surface area contributed by atoms with Crippen LogP contribution in [0.1, 0.15) is 264 Å². The Morgan fingerprint density at radius 1 is 0.475 bits per heavy atom. The van der Waals surface area contributed by atoms with E-state index in [0.29, 0.717) is 25.9 Å². The standard InChI is InChI=1S/C53H99NO5/c1-3-5-7-9-11-13-15-17-18-19-20-21-23-27-31-35-39-43-47-53(58)59-48-44-40-36-32-28-24-26-30-34-38-42-46-52(57)54-50(49-55)51(56)45-41-37-33-29-25-22-16-14-12-10-8-6-4-2/h13,15,18-19,28,32,50-51,55-56H,3-12,14,16-17,20-27,29-31,33-49H2,1-2H3,(H,54,57)/b15-13-,19-18-,32-28-. The van der Waals surface area contributed by atoms with E-state index in [2.05, 4.69) is 55.6 Å². The second kappa shape index (κ2) is 48.7. The number of hydrogen-bond acceptors (Lipinski definition) is 5. The van der Waals surface area contributed by atoms with E-state index < -0.39 is 12.1 Å². The molecule has 0 saturated heterocycles. The Hall–Kier alpha value is -1.92. The molecule has 0 radical (unpaired) electrons. The van der Waals surface area contributed by atoms with Gasteiger partial charge in [-0.05, 0) is 83.5 Å².